The average molecular weight is 265 g/mol. The summed E-state index contributed by atoms with van der Waals surface area (Å²) in [7, 11) is 0. The Morgan fingerprint density at radius 1 is 1.44 bits per heavy atom. The van der Waals surface area contributed by atoms with Gasteiger partial charge in [0.15, 0.2) is 0 Å². The van der Waals surface area contributed by atoms with Gasteiger partial charge in [-0.25, -0.2) is 4.79 Å². The second kappa shape index (κ2) is 4.65. The Morgan fingerprint density at radius 3 is 2.61 bits per heavy atom. The topological polar surface area (TPSA) is 57.6 Å². The zero-order valence-electron chi connectivity index (χ0n) is 10.3. The number of hydrogen-bond donors (Lipinski definition) is 2. The van der Waals surface area contributed by atoms with Crippen molar-refractivity contribution in [3.8, 4) is 0 Å². The number of aryl methyl sites for hydroxylation is 2. The number of rotatable bonds is 2. The van der Waals surface area contributed by atoms with E-state index in [4.69, 9.17) is 0 Å². The van der Waals surface area contributed by atoms with Crippen LogP contribution < -0.4 is 4.90 Å². The lowest BCUT2D eigenvalue weighted by atomic mass is 10.0. The van der Waals surface area contributed by atoms with Crippen molar-refractivity contribution in [2.75, 3.05) is 11.4 Å². The Morgan fingerprint density at radius 2 is 2.11 bits per heavy atom. The number of nitrogens with zero attached hydrogens (tertiary/aromatic N) is 1. The molecule has 0 aromatic heterocycles. The normalized spacial score (nSPS) is 19.4. The molecule has 1 aliphatic heterocycles. The van der Waals surface area contributed by atoms with Crippen molar-refractivity contribution in [3.63, 3.8) is 0 Å². The van der Waals surface area contributed by atoms with Gasteiger partial charge in [0.2, 0.25) is 5.91 Å². The van der Waals surface area contributed by atoms with E-state index in [-0.39, 0.29) is 16.7 Å². The average Bonchev–Trinajstić information content (AvgIpc) is 2.56. The van der Waals surface area contributed by atoms with Gasteiger partial charge in [0.1, 0.15) is 0 Å². The zero-order chi connectivity index (χ0) is 13.4. The van der Waals surface area contributed by atoms with Crippen LogP contribution in [-0.4, -0.2) is 28.8 Å². The van der Waals surface area contributed by atoms with Crippen LogP contribution in [0, 0.1) is 13.8 Å². The van der Waals surface area contributed by atoms with Gasteiger partial charge in [-0.3, -0.25) is 4.79 Å². The minimum absolute atomic E-state index is 0.0279. The van der Waals surface area contributed by atoms with Gasteiger partial charge in [0, 0.05) is 18.2 Å². The number of amides is 1. The van der Waals surface area contributed by atoms with Gasteiger partial charge in [0.25, 0.3) is 0 Å². The summed E-state index contributed by atoms with van der Waals surface area (Å²) in [6, 6.07) is 3.49. The van der Waals surface area contributed by atoms with E-state index in [1.165, 1.54) is 4.90 Å². The molecular weight excluding hydrogens is 250 g/mol. The van der Waals surface area contributed by atoms with E-state index in [2.05, 4.69) is 12.6 Å². The number of carboxylic acid groups (broad SMARTS) is 1. The molecule has 5 heteroatoms. The van der Waals surface area contributed by atoms with E-state index in [1.54, 1.807) is 6.07 Å². The first-order chi connectivity index (χ1) is 8.40. The highest BCUT2D eigenvalue weighted by Crippen LogP contribution is 2.31. The third-order valence-corrected chi connectivity index (χ3v) is 3.40. The Bertz CT molecular complexity index is 527. The van der Waals surface area contributed by atoms with Gasteiger partial charge in [0.05, 0.1) is 11.3 Å². The van der Waals surface area contributed by atoms with Crippen molar-refractivity contribution in [1.82, 2.24) is 0 Å². The SMILES string of the molecule is Cc1cc(C)c(N2CC(S)CC2=O)c(C(=O)O)c1. The molecule has 0 bridgehead atoms. The largest absolute Gasteiger partial charge is 0.478 e. The van der Waals surface area contributed by atoms with Crippen LogP contribution in [0.4, 0.5) is 5.69 Å². The van der Waals surface area contributed by atoms with Crippen molar-refractivity contribution in [2.24, 2.45) is 0 Å². The number of carboxylic acids is 1. The summed E-state index contributed by atoms with van der Waals surface area (Å²) in [5.41, 5.74) is 2.38. The number of aromatic carboxylic acids is 1. The lowest BCUT2D eigenvalue weighted by Gasteiger charge is -2.21. The molecule has 4 nitrogen and oxygen atoms in total. The van der Waals surface area contributed by atoms with Crippen molar-refractivity contribution in [3.05, 3.63) is 28.8 Å². The first-order valence-corrected chi connectivity index (χ1v) is 6.24. The minimum Gasteiger partial charge on any atom is -0.478 e. The molecule has 2 rings (SSSR count). The Labute approximate surface area is 111 Å². The van der Waals surface area contributed by atoms with Crippen LogP contribution in [0.2, 0.25) is 0 Å². The predicted octanol–water partition coefficient (Wildman–Crippen LogP) is 2.04. The van der Waals surface area contributed by atoms with Gasteiger partial charge < -0.3 is 10.0 Å². The summed E-state index contributed by atoms with van der Waals surface area (Å²) in [6.07, 6.45) is 0.357. The van der Waals surface area contributed by atoms with Crippen LogP contribution in [0.3, 0.4) is 0 Å². The maximum absolute atomic E-state index is 11.9. The first-order valence-electron chi connectivity index (χ1n) is 5.73. The molecule has 1 saturated heterocycles. The van der Waals surface area contributed by atoms with E-state index in [9.17, 15) is 14.7 Å². The number of anilines is 1. The first kappa shape index (κ1) is 13.0. The second-order valence-electron chi connectivity index (χ2n) is 4.65. The molecule has 0 radical (unpaired) electrons. The molecule has 1 atom stereocenters. The molecule has 1 amide bonds. The molecule has 1 aliphatic rings. The molecule has 1 aromatic carbocycles. The van der Waals surface area contributed by atoms with Crippen molar-refractivity contribution in [2.45, 2.75) is 25.5 Å². The van der Waals surface area contributed by atoms with Crippen molar-refractivity contribution in [1.29, 1.82) is 0 Å². The Kier molecular flexibility index (Phi) is 3.34. The van der Waals surface area contributed by atoms with E-state index in [0.29, 0.717) is 18.7 Å². The number of carbonyl (C=O) groups is 2. The predicted molar refractivity (Wildman–Crippen MR) is 72.6 cm³/mol. The van der Waals surface area contributed by atoms with Gasteiger partial charge in [-0.15, -0.1) is 0 Å². The fourth-order valence-corrected chi connectivity index (χ4v) is 2.71. The lowest BCUT2D eigenvalue weighted by molar-refractivity contribution is -0.117. The Balaban J connectivity index is 2.56. The number of carbonyl (C=O) groups excluding carboxylic acids is 1. The van der Waals surface area contributed by atoms with Crippen LogP contribution in [0.15, 0.2) is 12.1 Å². The standard InChI is InChI=1S/C13H15NO3S/c1-7-3-8(2)12(10(4-7)13(16)17)14-6-9(18)5-11(14)15/h3-4,9,18H,5-6H2,1-2H3,(H,16,17). The highest BCUT2D eigenvalue weighted by Gasteiger charge is 2.32. The molecule has 1 N–H and O–H groups in total. The number of thiol groups is 1. The van der Waals surface area contributed by atoms with Crippen LogP contribution >= 0.6 is 12.6 Å². The summed E-state index contributed by atoms with van der Waals surface area (Å²) in [6.45, 7) is 4.14. The molecular formula is C13H15NO3S. The minimum atomic E-state index is -1.01. The summed E-state index contributed by atoms with van der Waals surface area (Å²) in [5, 5.41) is 9.24. The fourth-order valence-electron chi connectivity index (χ4n) is 2.39. The molecule has 0 saturated carbocycles. The monoisotopic (exact) mass is 265 g/mol. The molecule has 1 heterocycles. The van der Waals surface area contributed by atoms with Gasteiger partial charge >= 0.3 is 5.97 Å². The van der Waals surface area contributed by atoms with Gasteiger partial charge in [-0.05, 0) is 31.0 Å². The smallest absolute Gasteiger partial charge is 0.337 e. The summed E-state index contributed by atoms with van der Waals surface area (Å²) < 4.78 is 0. The van der Waals surface area contributed by atoms with Crippen molar-refractivity contribution < 1.29 is 14.7 Å². The molecule has 96 valence electrons. The maximum atomic E-state index is 11.9. The van der Waals surface area contributed by atoms with Gasteiger partial charge in [-0.2, -0.15) is 12.6 Å². The number of benzene rings is 1. The van der Waals surface area contributed by atoms with E-state index in [0.717, 1.165) is 11.1 Å². The van der Waals surface area contributed by atoms with Crippen LogP contribution in [0.1, 0.15) is 27.9 Å². The molecule has 1 fully saturated rings. The highest BCUT2D eigenvalue weighted by molar-refractivity contribution is 7.81. The quantitative estimate of drug-likeness (QED) is 0.804. The third-order valence-electron chi connectivity index (χ3n) is 3.05. The summed E-state index contributed by atoms with van der Waals surface area (Å²) in [4.78, 5) is 24.7. The van der Waals surface area contributed by atoms with E-state index >= 15 is 0 Å². The molecule has 1 unspecified atom stereocenters. The molecule has 1 aromatic rings. The maximum Gasteiger partial charge on any atom is 0.337 e. The molecule has 18 heavy (non-hydrogen) atoms. The Hall–Kier alpha value is -1.49. The number of hydrogen-bond acceptors (Lipinski definition) is 3. The van der Waals surface area contributed by atoms with Gasteiger partial charge in [-0.1, -0.05) is 6.07 Å². The van der Waals surface area contributed by atoms with Crippen LogP contribution in [0.25, 0.3) is 0 Å². The van der Waals surface area contributed by atoms with Crippen molar-refractivity contribution >= 4 is 30.2 Å². The lowest BCUT2D eigenvalue weighted by Crippen LogP contribution is -2.27. The summed E-state index contributed by atoms with van der Waals surface area (Å²) in [5.74, 6) is -1.07. The molecule has 0 aliphatic carbocycles. The summed E-state index contributed by atoms with van der Waals surface area (Å²) >= 11 is 4.29. The zero-order valence-corrected chi connectivity index (χ0v) is 11.2. The van der Waals surface area contributed by atoms with Crippen LogP contribution in [-0.2, 0) is 4.79 Å². The van der Waals surface area contributed by atoms with E-state index < -0.39 is 5.97 Å². The fraction of sp³-hybridized carbons (Fsp3) is 0.385. The highest BCUT2D eigenvalue weighted by atomic mass is 32.1. The van der Waals surface area contributed by atoms with Crippen LogP contribution in [0.5, 0.6) is 0 Å². The molecule has 0 spiro atoms. The van der Waals surface area contributed by atoms with E-state index in [1.807, 2.05) is 19.9 Å². The second-order valence-corrected chi connectivity index (χ2v) is 5.38. The third kappa shape index (κ3) is 2.22.